The second-order valence-electron chi connectivity index (χ2n) is 21.9. The third-order valence-corrected chi connectivity index (χ3v) is 15.1. The molecule has 0 bridgehead atoms. The second-order valence-corrected chi connectivity index (χ2v) is 23.4. The van der Waals surface area contributed by atoms with E-state index in [1.807, 2.05) is 12.2 Å². The quantitative estimate of drug-likeness (QED) is 0.0197. The van der Waals surface area contributed by atoms with E-state index < -0.39 is 57.8 Å². The fourth-order valence-electron chi connectivity index (χ4n) is 9.15. The Morgan fingerprint density at radius 1 is 0.362 bits per heavy atom. The van der Waals surface area contributed by atoms with Crippen molar-refractivity contribution in [3.05, 3.63) is 72.9 Å². The van der Waals surface area contributed by atoms with E-state index >= 15 is 0 Å². The summed E-state index contributed by atoms with van der Waals surface area (Å²) >= 11 is 0. The average Bonchev–Trinajstić information content (AvgIpc) is 3.45. The minimum Gasteiger partial charge on any atom is -0.462 e. The standard InChI is InChI=1S/C68H121O11P/c1-4-7-10-13-16-19-22-25-28-31-32-35-38-41-44-47-50-53-56-59-68(72)79-65(61-75-66(70)57-54-51-48-45-42-39-36-33-29-26-23-20-17-14-11-8-5-2)63-77-80(73,74)76-62-64(60-69)78-67(71)58-55-52-49-46-43-40-37-34-30-27-24-21-18-15-12-9-6-3/h9,12,18,21,25,27-28,30,37,40,46,49,64-65,69H,4-8,10-11,13-17,19-20,22-24,26,29,31-36,38-39,41-45,47-48,50-63H2,1-3H3,(H,73,74)/b12-9-,21-18-,28-25-,30-27-,40-37-,49-46-. The number of hydrogen-bond acceptors (Lipinski definition) is 10. The molecule has 3 unspecified atom stereocenters. The van der Waals surface area contributed by atoms with Crippen LogP contribution in [0, 0.1) is 0 Å². The van der Waals surface area contributed by atoms with Gasteiger partial charge >= 0.3 is 25.7 Å². The van der Waals surface area contributed by atoms with Crippen molar-refractivity contribution in [3.8, 4) is 0 Å². The van der Waals surface area contributed by atoms with E-state index in [0.717, 1.165) is 70.6 Å². The predicted octanol–water partition coefficient (Wildman–Crippen LogP) is 20.0. The zero-order chi connectivity index (χ0) is 58.3. The van der Waals surface area contributed by atoms with Crippen molar-refractivity contribution < 1.29 is 52.2 Å². The number of rotatable bonds is 61. The zero-order valence-electron chi connectivity index (χ0n) is 51.5. The highest BCUT2D eigenvalue weighted by Crippen LogP contribution is 2.43. The van der Waals surface area contributed by atoms with Crippen LogP contribution in [0.25, 0.3) is 0 Å². The number of phosphoric acid groups is 1. The zero-order valence-corrected chi connectivity index (χ0v) is 52.4. The van der Waals surface area contributed by atoms with Gasteiger partial charge < -0.3 is 24.2 Å². The summed E-state index contributed by atoms with van der Waals surface area (Å²) in [6, 6.07) is 0. The highest BCUT2D eigenvalue weighted by molar-refractivity contribution is 7.47. The number of hydrogen-bond donors (Lipinski definition) is 2. The van der Waals surface area contributed by atoms with Gasteiger partial charge in [0.2, 0.25) is 0 Å². The van der Waals surface area contributed by atoms with Crippen molar-refractivity contribution in [1.82, 2.24) is 0 Å². The molecule has 0 aromatic rings. The number of allylic oxidation sites excluding steroid dienone is 12. The predicted molar refractivity (Wildman–Crippen MR) is 335 cm³/mol. The summed E-state index contributed by atoms with van der Waals surface area (Å²) in [7, 11) is -4.77. The number of ether oxygens (including phenoxy) is 3. The highest BCUT2D eigenvalue weighted by atomic mass is 31.2. The molecule has 2 N–H and O–H groups in total. The molecule has 12 heteroatoms. The molecule has 0 amide bonds. The number of aliphatic hydroxyl groups excluding tert-OH is 1. The SMILES string of the molecule is CC/C=C\C/C=C\C/C=C\C/C=C\C/C=C\CCCC(=O)OC(CO)COP(=O)(O)OCC(COC(=O)CCCCCCCCCCCCCCCCCCC)OC(=O)CCCCCCCCCCC/C=C\CCCCCCCC. The first kappa shape index (κ1) is 76.9. The molecule has 464 valence electrons. The molecule has 0 radical (unpaired) electrons. The van der Waals surface area contributed by atoms with Crippen molar-refractivity contribution in [1.29, 1.82) is 0 Å². The van der Waals surface area contributed by atoms with Gasteiger partial charge in [-0.25, -0.2) is 4.57 Å². The Bertz CT molecular complexity index is 1620. The van der Waals surface area contributed by atoms with Crippen LogP contribution in [-0.4, -0.2) is 66.5 Å². The Labute approximate surface area is 490 Å². The normalized spacial score (nSPS) is 13.7. The van der Waals surface area contributed by atoms with E-state index in [9.17, 15) is 28.9 Å². The monoisotopic (exact) mass is 1140 g/mol. The first-order valence-electron chi connectivity index (χ1n) is 32.8. The van der Waals surface area contributed by atoms with Crippen molar-refractivity contribution in [3.63, 3.8) is 0 Å². The van der Waals surface area contributed by atoms with E-state index in [4.69, 9.17) is 23.3 Å². The molecule has 80 heavy (non-hydrogen) atoms. The van der Waals surface area contributed by atoms with Gasteiger partial charge in [-0.05, 0) is 83.5 Å². The summed E-state index contributed by atoms with van der Waals surface area (Å²) in [5, 5.41) is 9.84. The van der Waals surface area contributed by atoms with Crippen molar-refractivity contribution in [2.75, 3.05) is 26.4 Å². The van der Waals surface area contributed by atoms with Gasteiger partial charge in [0, 0.05) is 19.3 Å². The number of carbonyl (C=O) groups excluding carboxylic acids is 3. The first-order valence-corrected chi connectivity index (χ1v) is 34.3. The molecule has 0 saturated carbocycles. The largest absolute Gasteiger partial charge is 0.472 e. The van der Waals surface area contributed by atoms with Gasteiger partial charge in [-0.15, -0.1) is 0 Å². The Morgan fingerprint density at radius 3 is 1.06 bits per heavy atom. The molecule has 0 fully saturated rings. The Kier molecular flexibility index (Phi) is 59.6. The average molecular weight is 1150 g/mol. The smallest absolute Gasteiger partial charge is 0.462 e. The minimum atomic E-state index is -4.77. The summed E-state index contributed by atoms with van der Waals surface area (Å²) in [6.45, 7) is 4.52. The van der Waals surface area contributed by atoms with E-state index in [1.54, 1.807) is 0 Å². The van der Waals surface area contributed by atoms with E-state index in [0.29, 0.717) is 25.7 Å². The molecule has 0 saturated heterocycles. The van der Waals surface area contributed by atoms with Crippen LogP contribution >= 0.6 is 7.82 Å². The van der Waals surface area contributed by atoms with Gasteiger partial charge in [0.15, 0.2) is 6.10 Å². The Morgan fingerprint density at radius 2 is 0.662 bits per heavy atom. The minimum absolute atomic E-state index is 0.0984. The molecule has 0 heterocycles. The van der Waals surface area contributed by atoms with Crippen LogP contribution < -0.4 is 0 Å². The Hall–Kier alpha value is -3.08. The van der Waals surface area contributed by atoms with Crippen LogP contribution in [0.1, 0.15) is 303 Å². The molecule has 0 aliphatic rings. The number of unbranched alkanes of at least 4 members (excludes halogenated alkanes) is 32. The summed E-state index contributed by atoms with van der Waals surface area (Å²) in [5.41, 5.74) is 0. The highest BCUT2D eigenvalue weighted by Gasteiger charge is 2.28. The number of esters is 3. The second kappa shape index (κ2) is 62.0. The maximum absolute atomic E-state index is 13.0. The van der Waals surface area contributed by atoms with Crippen LogP contribution in [0.4, 0.5) is 0 Å². The molecule has 0 aromatic heterocycles. The van der Waals surface area contributed by atoms with E-state index in [1.165, 1.54) is 167 Å². The molecule has 0 spiro atoms. The summed E-state index contributed by atoms with van der Waals surface area (Å²) in [5.74, 6) is -1.51. The van der Waals surface area contributed by atoms with Crippen LogP contribution in [0.2, 0.25) is 0 Å². The molecule has 3 atom stereocenters. The van der Waals surface area contributed by atoms with Gasteiger partial charge in [-0.2, -0.15) is 0 Å². The maximum Gasteiger partial charge on any atom is 0.472 e. The number of phosphoric ester groups is 1. The van der Waals surface area contributed by atoms with Crippen molar-refractivity contribution in [2.45, 2.75) is 315 Å². The van der Waals surface area contributed by atoms with Crippen LogP contribution in [0.15, 0.2) is 72.9 Å². The molecular formula is C68H121O11P. The molecule has 0 aliphatic heterocycles. The number of aliphatic hydroxyl groups is 1. The van der Waals surface area contributed by atoms with Gasteiger partial charge in [-0.1, -0.05) is 273 Å². The lowest BCUT2D eigenvalue weighted by atomic mass is 10.0. The maximum atomic E-state index is 13.0. The third-order valence-electron chi connectivity index (χ3n) is 14.1. The van der Waals surface area contributed by atoms with E-state index in [2.05, 4.69) is 81.5 Å². The molecule has 0 aliphatic carbocycles. The topological polar surface area (TPSA) is 155 Å². The summed E-state index contributed by atoms with van der Waals surface area (Å²) in [6.07, 6.45) is 71.5. The summed E-state index contributed by atoms with van der Waals surface area (Å²) in [4.78, 5) is 48.8. The molecule has 0 aromatic carbocycles. The lowest BCUT2D eigenvalue weighted by Gasteiger charge is -2.21. The molecule has 0 rings (SSSR count). The first-order chi connectivity index (χ1) is 39.2. The summed E-state index contributed by atoms with van der Waals surface area (Å²) < 4.78 is 39.7. The lowest BCUT2D eigenvalue weighted by molar-refractivity contribution is -0.161. The van der Waals surface area contributed by atoms with Gasteiger partial charge in [0.05, 0.1) is 19.8 Å². The van der Waals surface area contributed by atoms with Gasteiger partial charge in [0.1, 0.15) is 12.7 Å². The van der Waals surface area contributed by atoms with Crippen LogP contribution in [0.3, 0.4) is 0 Å². The molecular weight excluding hydrogens is 1020 g/mol. The van der Waals surface area contributed by atoms with Crippen LogP contribution in [-0.2, 0) is 42.2 Å². The van der Waals surface area contributed by atoms with E-state index in [-0.39, 0.29) is 25.9 Å². The lowest BCUT2D eigenvalue weighted by Crippen LogP contribution is -2.30. The number of carbonyl (C=O) groups is 3. The molecule has 11 nitrogen and oxygen atoms in total. The van der Waals surface area contributed by atoms with Crippen molar-refractivity contribution in [2.24, 2.45) is 0 Å². The van der Waals surface area contributed by atoms with Crippen LogP contribution in [0.5, 0.6) is 0 Å². The Balaban J connectivity index is 4.73. The fraction of sp³-hybridized carbons (Fsp3) is 0.779. The van der Waals surface area contributed by atoms with Gasteiger partial charge in [-0.3, -0.25) is 23.4 Å². The third kappa shape index (κ3) is 59.5. The van der Waals surface area contributed by atoms with Gasteiger partial charge in [0.25, 0.3) is 0 Å². The fourth-order valence-corrected chi connectivity index (χ4v) is 9.94. The van der Waals surface area contributed by atoms with Crippen molar-refractivity contribution >= 4 is 25.7 Å².